The number of rotatable bonds is 13. The van der Waals surface area contributed by atoms with E-state index in [2.05, 4.69) is 10.6 Å². The lowest BCUT2D eigenvalue weighted by atomic mass is 10.0. The second-order valence-electron chi connectivity index (χ2n) is 11.2. The van der Waals surface area contributed by atoms with Crippen LogP contribution in [0.4, 0.5) is 21.9 Å². The zero-order valence-electron chi connectivity index (χ0n) is 25.5. The number of hydrogen-bond acceptors (Lipinski definition) is 5. The zero-order chi connectivity index (χ0) is 32.3. The Balaban J connectivity index is 1.43. The molecule has 1 unspecified atom stereocenters. The number of hydrogen-bond donors (Lipinski definition) is 3. The van der Waals surface area contributed by atoms with Gasteiger partial charge in [0.2, 0.25) is 5.91 Å². The Hall–Kier alpha value is -4.57. The molecule has 0 radical (unpaired) electrons. The molecule has 1 aliphatic rings. The van der Waals surface area contributed by atoms with Gasteiger partial charge >= 0.3 is 12.0 Å². The lowest BCUT2D eigenvalue weighted by molar-refractivity contribution is -0.138. The first-order chi connectivity index (χ1) is 21.6. The molecule has 3 aromatic rings. The topological polar surface area (TPSA) is 128 Å². The molecule has 1 fully saturated rings. The minimum atomic E-state index is -0.971. The van der Waals surface area contributed by atoms with Crippen LogP contribution in [0.1, 0.15) is 50.5 Å². The number of para-hydroxylation sites is 2. The molecule has 0 aromatic heterocycles. The Morgan fingerprint density at radius 3 is 2.44 bits per heavy atom. The van der Waals surface area contributed by atoms with Crippen molar-refractivity contribution in [1.82, 2.24) is 5.32 Å². The predicted octanol–water partition coefficient (Wildman–Crippen LogP) is 6.30. The van der Waals surface area contributed by atoms with Crippen LogP contribution in [0.15, 0.2) is 72.8 Å². The predicted molar refractivity (Wildman–Crippen MR) is 175 cm³/mol. The molecular weight excluding hydrogens is 596 g/mol. The van der Waals surface area contributed by atoms with Crippen LogP contribution in [0.25, 0.3) is 0 Å². The molecule has 1 aliphatic carbocycles. The maximum atomic E-state index is 13.6. The van der Waals surface area contributed by atoms with Crippen molar-refractivity contribution in [3.8, 4) is 5.75 Å². The summed E-state index contributed by atoms with van der Waals surface area (Å²) < 4.78 is 5.97. The Labute approximate surface area is 268 Å². The van der Waals surface area contributed by atoms with Crippen molar-refractivity contribution < 1.29 is 29.0 Å². The Morgan fingerprint density at radius 2 is 1.71 bits per heavy atom. The third-order valence-corrected chi connectivity index (χ3v) is 8.26. The molecule has 0 aliphatic heterocycles. The lowest BCUT2D eigenvalue weighted by Gasteiger charge is -2.27. The number of ether oxygens (including phenoxy) is 1. The fraction of sp³-hybridized carbons (Fsp3) is 0.353. The summed E-state index contributed by atoms with van der Waals surface area (Å²) in [6, 6.07) is 20.0. The lowest BCUT2D eigenvalue weighted by Crippen LogP contribution is -2.42. The van der Waals surface area contributed by atoms with Gasteiger partial charge in [0.05, 0.1) is 18.2 Å². The number of benzene rings is 3. The van der Waals surface area contributed by atoms with Gasteiger partial charge in [-0.2, -0.15) is 0 Å². The summed E-state index contributed by atoms with van der Waals surface area (Å²) in [6.07, 6.45) is 5.39. The van der Waals surface area contributed by atoms with Gasteiger partial charge in [-0.25, -0.2) is 4.79 Å². The van der Waals surface area contributed by atoms with Gasteiger partial charge in [-0.15, -0.1) is 0 Å². The van der Waals surface area contributed by atoms with Crippen molar-refractivity contribution in [2.24, 2.45) is 5.92 Å². The van der Waals surface area contributed by atoms with Gasteiger partial charge in [0.25, 0.3) is 5.91 Å². The SMILES string of the molecule is CC(C(=O)O)c1cccc(NC(=O)NCC(=O)N(CCC2CCCC2)c2ccccc2OCC(=O)N(C)c2cccc(Cl)c2)c1. The molecule has 0 spiro atoms. The molecule has 11 heteroatoms. The molecular formula is C34H39ClN4O6. The number of carboxylic acids is 1. The molecule has 0 heterocycles. The van der Waals surface area contributed by atoms with Crippen LogP contribution in [0.3, 0.4) is 0 Å². The average molecular weight is 635 g/mol. The molecule has 1 atom stereocenters. The first-order valence-electron chi connectivity index (χ1n) is 15.0. The van der Waals surface area contributed by atoms with Gasteiger partial charge in [-0.05, 0) is 67.3 Å². The number of nitrogens with zero attached hydrogens (tertiary/aromatic N) is 2. The molecule has 238 valence electrons. The van der Waals surface area contributed by atoms with Crippen LogP contribution in [0.5, 0.6) is 5.75 Å². The van der Waals surface area contributed by atoms with E-state index in [-0.39, 0.29) is 25.0 Å². The average Bonchev–Trinajstić information content (AvgIpc) is 3.56. The minimum Gasteiger partial charge on any atom is -0.482 e. The molecule has 0 bridgehead atoms. The highest BCUT2D eigenvalue weighted by atomic mass is 35.5. The third kappa shape index (κ3) is 9.46. The van der Waals surface area contributed by atoms with E-state index in [0.29, 0.717) is 45.9 Å². The summed E-state index contributed by atoms with van der Waals surface area (Å²) in [5.41, 5.74) is 2.10. The molecule has 0 saturated heterocycles. The summed E-state index contributed by atoms with van der Waals surface area (Å²) in [5.74, 6) is -1.45. The van der Waals surface area contributed by atoms with Crippen molar-refractivity contribution in [2.45, 2.75) is 44.9 Å². The molecule has 4 amide bonds. The maximum absolute atomic E-state index is 13.6. The van der Waals surface area contributed by atoms with Gasteiger partial charge in [-0.3, -0.25) is 14.4 Å². The standard InChI is InChI=1S/C34H39ClN4O6/c1-23(33(42)43)25-11-7-13-27(19-25)37-34(44)36-21-31(40)39(18-17-24-9-3-4-10-24)29-15-5-6-16-30(29)45-22-32(41)38(2)28-14-8-12-26(35)20-28/h5-8,11-16,19-20,23-24H,3-4,9-10,17-18,21-22H2,1-2H3,(H,42,43)(H2,36,37,44). The molecule has 3 aromatic carbocycles. The second-order valence-corrected chi connectivity index (χ2v) is 11.6. The molecule has 45 heavy (non-hydrogen) atoms. The van der Waals surface area contributed by atoms with Crippen molar-refractivity contribution >= 4 is 52.5 Å². The van der Waals surface area contributed by atoms with Crippen molar-refractivity contribution in [1.29, 1.82) is 0 Å². The van der Waals surface area contributed by atoms with Crippen molar-refractivity contribution in [3.63, 3.8) is 0 Å². The Bertz CT molecular complexity index is 1510. The number of urea groups is 1. The van der Waals surface area contributed by atoms with Crippen LogP contribution in [-0.4, -0.2) is 55.7 Å². The normalized spacial score (nSPS) is 13.5. The number of carboxylic acid groups (broad SMARTS) is 1. The van der Waals surface area contributed by atoms with Crippen LogP contribution in [0.2, 0.25) is 5.02 Å². The maximum Gasteiger partial charge on any atom is 0.319 e. The van der Waals surface area contributed by atoms with Crippen LogP contribution in [-0.2, 0) is 14.4 Å². The van der Waals surface area contributed by atoms with Gasteiger partial charge in [0.1, 0.15) is 5.75 Å². The number of carbonyl (C=O) groups is 4. The largest absolute Gasteiger partial charge is 0.482 e. The second kappa shape index (κ2) is 15.9. The van der Waals surface area contributed by atoms with Gasteiger partial charge < -0.3 is 30.3 Å². The van der Waals surface area contributed by atoms with E-state index in [9.17, 15) is 24.3 Å². The third-order valence-electron chi connectivity index (χ3n) is 8.03. The molecule has 3 N–H and O–H groups in total. The van der Waals surface area contributed by atoms with Gasteiger partial charge in [0, 0.05) is 30.0 Å². The minimum absolute atomic E-state index is 0.259. The first-order valence-corrected chi connectivity index (χ1v) is 15.4. The van der Waals surface area contributed by atoms with E-state index in [1.54, 1.807) is 91.7 Å². The summed E-state index contributed by atoms with van der Waals surface area (Å²) in [7, 11) is 1.64. The zero-order valence-corrected chi connectivity index (χ0v) is 26.3. The molecule has 4 rings (SSSR count). The van der Waals surface area contributed by atoms with Crippen molar-refractivity contribution in [2.75, 3.05) is 41.9 Å². The van der Waals surface area contributed by atoms with E-state index >= 15 is 0 Å². The fourth-order valence-corrected chi connectivity index (χ4v) is 5.50. The Kier molecular flexibility index (Phi) is 11.8. The summed E-state index contributed by atoms with van der Waals surface area (Å²) in [5, 5.41) is 15.1. The van der Waals surface area contributed by atoms with E-state index in [1.807, 2.05) is 0 Å². The summed E-state index contributed by atoms with van der Waals surface area (Å²) >= 11 is 6.09. The fourth-order valence-electron chi connectivity index (χ4n) is 5.31. The number of likely N-dealkylation sites (N-methyl/N-ethyl adjacent to an activating group) is 1. The smallest absolute Gasteiger partial charge is 0.319 e. The summed E-state index contributed by atoms with van der Waals surface area (Å²) in [4.78, 5) is 53.7. The first kappa shape index (κ1) is 33.3. The van der Waals surface area contributed by atoms with Crippen molar-refractivity contribution in [3.05, 3.63) is 83.4 Å². The van der Waals surface area contributed by atoms with E-state index in [4.69, 9.17) is 16.3 Å². The van der Waals surface area contributed by atoms with E-state index in [1.165, 1.54) is 17.7 Å². The van der Waals surface area contributed by atoms with Gasteiger partial charge in [-0.1, -0.05) is 67.6 Å². The number of amides is 4. The quantitative estimate of drug-likeness (QED) is 0.202. The van der Waals surface area contributed by atoms with E-state index in [0.717, 1.165) is 19.3 Å². The summed E-state index contributed by atoms with van der Waals surface area (Å²) in [6.45, 7) is 1.45. The van der Waals surface area contributed by atoms with Crippen LogP contribution in [0, 0.1) is 5.92 Å². The highest BCUT2D eigenvalue weighted by Crippen LogP contribution is 2.32. The number of aliphatic carboxylic acids is 1. The van der Waals surface area contributed by atoms with Crippen LogP contribution >= 0.6 is 11.6 Å². The number of halogens is 1. The van der Waals surface area contributed by atoms with E-state index < -0.39 is 17.9 Å². The highest BCUT2D eigenvalue weighted by molar-refractivity contribution is 6.30. The molecule has 10 nitrogen and oxygen atoms in total. The number of carbonyl (C=O) groups excluding carboxylic acids is 3. The van der Waals surface area contributed by atoms with Gasteiger partial charge in [0.15, 0.2) is 6.61 Å². The number of nitrogens with one attached hydrogen (secondary N) is 2. The Morgan fingerprint density at radius 1 is 0.978 bits per heavy atom. The van der Waals surface area contributed by atoms with Crippen LogP contribution < -0.4 is 25.2 Å². The number of anilines is 3. The molecule has 1 saturated carbocycles. The monoisotopic (exact) mass is 634 g/mol. The highest BCUT2D eigenvalue weighted by Gasteiger charge is 2.24.